The van der Waals surface area contributed by atoms with E-state index in [0.717, 1.165) is 29.8 Å². The van der Waals surface area contributed by atoms with Gasteiger partial charge in [-0.05, 0) is 29.8 Å². The molecule has 0 bridgehead atoms. The topological polar surface area (TPSA) is 55.6 Å². The molecule has 1 aromatic carbocycles. The highest BCUT2D eigenvalue weighted by Crippen LogP contribution is 2.21. The van der Waals surface area contributed by atoms with Crippen molar-refractivity contribution < 1.29 is 0 Å². The van der Waals surface area contributed by atoms with Crippen molar-refractivity contribution in [2.75, 3.05) is 11.9 Å². The lowest BCUT2D eigenvalue weighted by molar-refractivity contribution is 0.637. The van der Waals surface area contributed by atoms with Crippen molar-refractivity contribution in [1.29, 1.82) is 0 Å². The molecule has 0 saturated heterocycles. The number of para-hydroxylation sites is 1. The van der Waals surface area contributed by atoms with Crippen LogP contribution in [0, 0.1) is 0 Å². The molecule has 0 aliphatic heterocycles. The Balaban J connectivity index is 1.80. The second-order valence-electron chi connectivity index (χ2n) is 4.05. The van der Waals surface area contributed by atoms with E-state index in [1.807, 2.05) is 41.2 Å². The van der Waals surface area contributed by atoms with E-state index >= 15 is 0 Å². The van der Waals surface area contributed by atoms with Gasteiger partial charge in [0.05, 0.1) is 12.1 Å². The third-order valence-corrected chi connectivity index (χ3v) is 2.94. The lowest BCUT2D eigenvalue weighted by Gasteiger charge is -2.09. The van der Waals surface area contributed by atoms with E-state index < -0.39 is 0 Å². The predicted molar refractivity (Wildman–Crippen MR) is 75.3 cm³/mol. The predicted octanol–water partition coefficient (Wildman–Crippen LogP) is 2.59. The number of aromatic nitrogens is 4. The largest absolute Gasteiger partial charge is 0.368 e. The Hall–Kier alpha value is -2.14. The molecule has 6 heteroatoms. The molecule has 0 unspecified atom stereocenters. The fourth-order valence-corrected chi connectivity index (χ4v) is 2.08. The number of benzene rings is 1. The summed E-state index contributed by atoms with van der Waals surface area (Å²) >= 11 is 5.92. The van der Waals surface area contributed by atoms with Crippen molar-refractivity contribution in [2.24, 2.45) is 0 Å². The van der Waals surface area contributed by atoms with Gasteiger partial charge in [0.15, 0.2) is 0 Å². The third-order valence-electron chi connectivity index (χ3n) is 2.77. The maximum atomic E-state index is 5.92. The lowest BCUT2D eigenvalue weighted by atomic mass is 10.2. The second-order valence-corrected chi connectivity index (χ2v) is 4.39. The summed E-state index contributed by atoms with van der Waals surface area (Å²) in [6.07, 6.45) is 3.68. The summed E-state index contributed by atoms with van der Waals surface area (Å²) in [4.78, 5) is 8.42. The quantitative estimate of drug-likeness (QED) is 0.743. The summed E-state index contributed by atoms with van der Waals surface area (Å²) in [6, 6.07) is 9.68. The molecule has 0 amide bonds. The Bertz CT molecular complexity index is 681. The second kappa shape index (κ2) is 5.24. The fraction of sp³-hybridized carbons (Fsp3) is 0.154. The number of halogens is 1. The molecule has 3 aromatic rings. The zero-order chi connectivity index (χ0) is 13.1. The van der Waals surface area contributed by atoms with Crippen molar-refractivity contribution in [2.45, 2.75) is 6.54 Å². The first-order valence-electron chi connectivity index (χ1n) is 5.96. The van der Waals surface area contributed by atoms with E-state index in [-0.39, 0.29) is 5.28 Å². The average molecular weight is 274 g/mol. The normalized spacial score (nSPS) is 10.8. The van der Waals surface area contributed by atoms with Crippen LogP contribution in [0.25, 0.3) is 10.9 Å². The molecule has 5 nitrogen and oxygen atoms in total. The molecule has 0 aliphatic rings. The Morgan fingerprint density at radius 3 is 2.89 bits per heavy atom. The Kier molecular flexibility index (Phi) is 3.29. The highest BCUT2D eigenvalue weighted by molar-refractivity contribution is 6.28. The summed E-state index contributed by atoms with van der Waals surface area (Å²) in [5.41, 5.74) is 0.837. The molecule has 0 spiro atoms. The highest BCUT2D eigenvalue weighted by atomic mass is 35.5. The number of hydrogen-bond acceptors (Lipinski definition) is 4. The maximum absolute atomic E-state index is 5.92. The van der Waals surface area contributed by atoms with Crippen LogP contribution in [0.3, 0.4) is 0 Å². The molecule has 0 radical (unpaired) electrons. The maximum Gasteiger partial charge on any atom is 0.224 e. The molecule has 0 saturated carbocycles. The molecule has 2 heterocycles. The van der Waals surface area contributed by atoms with Crippen molar-refractivity contribution in [3.8, 4) is 0 Å². The van der Waals surface area contributed by atoms with Gasteiger partial charge >= 0.3 is 0 Å². The van der Waals surface area contributed by atoms with Gasteiger partial charge in [-0.15, -0.1) is 0 Å². The molecule has 3 rings (SSSR count). The summed E-state index contributed by atoms with van der Waals surface area (Å²) in [5, 5.41) is 8.63. The van der Waals surface area contributed by atoms with Gasteiger partial charge in [-0.1, -0.05) is 12.1 Å². The zero-order valence-corrected chi connectivity index (χ0v) is 10.9. The molecule has 0 fully saturated rings. The van der Waals surface area contributed by atoms with Crippen molar-refractivity contribution in [3.63, 3.8) is 0 Å². The van der Waals surface area contributed by atoms with Gasteiger partial charge < -0.3 is 5.32 Å². The Morgan fingerprint density at radius 2 is 2.05 bits per heavy atom. The summed E-state index contributed by atoms with van der Waals surface area (Å²) in [6.45, 7) is 1.49. The Labute approximate surface area is 115 Å². The first-order chi connectivity index (χ1) is 9.33. The van der Waals surface area contributed by atoms with E-state index in [2.05, 4.69) is 20.4 Å². The Morgan fingerprint density at radius 1 is 1.16 bits per heavy atom. The number of nitrogens with one attached hydrogen (secondary N) is 1. The van der Waals surface area contributed by atoms with Crippen LogP contribution < -0.4 is 5.32 Å². The number of rotatable bonds is 4. The van der Waals surface area contributed by atoms with E-state index in [9.17, 15) is 0 Å². The molecule has 96 valence electrons. The number of anilines is 1. The molecule has 0 aliphatic carbocycles. The number of hydrogen-bond donors (Lipinski definition) is 1. The molecule has 2 aromatic heterocycles. The van der Waals surface area contributed by atoms with Crippen molar-refractivity contribution in [3.05, 3.63) is 48.0 Å². The van der Waals surface area contributed by atoms with Gasteiger partial charge in [0.25, 0.3) is 0 Å². The minimum Gasteiger partial charge on any atom is -0.368 e. The minimum atomic E-state index is 0.250. The van der Waals surface area contributed by atoms with E-state index in [0.29, 0.717) is 0 Å². The van der Waals surface area contributed by atoms with Crippen LogP contribution in [0.4, 0.5) is 5.82 Å². The first-order valence-corrected chi connectivity index (χ1v) is 6.34. The van der Waals surface area contributed by atoms with Crippen molar-refractivity contribution in [1.82, 2.24) is 19.7 Å². The average Bonchev–Trinajstić information content (AvgIpc) is 2.91. The minimum absolute atomic E-state index is 0.250. The van der Waals surface area contributed by atoms with Crippen LogP contribution in [0.15, 0.2) is 42.7 Å². The van der Waals surface area contributed by atoms with Crippen LogP contribution in [-0.2, 0) is 6.54 Å². The summed E-state index contributed by atoms with van der Waals surface area (Å²) in [5.74, 6) is 0.753. The van der Waals surface area contributed by atoms with Crippen LogP contribution in [0.5, 0.6) is 0 Å². The SMILES string of the molecule is Clc1nc(NCCn2cccn2)c2ccccc2n1. The summed E-state index contributed by atoms with van der Waals surface area (Å²) in [7, 11) is 0. The van der Waals surface area contributed by atoms with E-state index in [1.54, 1.807) is 6.20 Å². The molecular weight excluding hydrogens is 262 g/mol. The van der Waals surface area contributed by atoms with Gasteiger partial charge in [-0.2, -0.15) is 5.10 Å². The number of fused-ring (bicyclic) bond motifs is 1. The number of nitrogens with zero attached hydrogens (tertiary/aromatic N) is 4. The van der Waals surface area contributed by atoms with Crippen LogP contribution in [-0.4, -0.2) is 26.3 Å². The van der Waals surface area contributed by atoms with Gasteiger partial charge in [0.1, 0.15) is 5.82 Å². The van der Waals surface area contributed by atoms with Gasteiger partial charge in [0, 0.05) is 24.3 Å². The first kappa shape index (κ1) is 11.9. The molecule has 19 heavy (non-hydrogen) atoms. The third kappa shape index (κ3) is 2.66. The molecule has 0 atom stereocenters. The van der Waals surface area contributed by atoms with Crippen molar-refractivity contribution >= 4 is 28.3 Å². The van der Waals surface area contributed by atoms with Crippen LogP contribution in [0.2, 0.25) is 5.28 Å². The summed E-state index contributed by atoms with van der Waals surface area (Å²) < 4.78 is 1.86. The van der Waals surface area contributed by atoms with E-state index in [1.165, 1.54) is 0 Å². The standard InChI is InChI=1S/C13H12ClN5/c14-13-17-11-5-2-1-4-10(11)12(18-13)15-7-9-19-8-3-6-16-19/h1-6,8H,7,9H2,(H,15,17,18). The van der Waals surface area contributed by atoms with Gasteiger partial charge in [-0.25, -0.2) is 9.97 Å². The monoisotopic (exact) mass is 273 g/mol. The van der Waals surface area contributed by atoms with Gasteiger partial charge in [-0.3, -0.25) is 4.68 Å². The van der Waals surface area contributed by atoms with Crippen LogP contribution >= 0.6 is 11.6 Å². The van der Waals surface area contributed by atoms with Crippen LogP contribution in [0.1, 0.15) is 0 Å². The smallest absolute Gasteiger partial charge is 0.224 e. The zero-order valence-electron chi connectivity index (χ0n) is 10.1. The fourth-order valence-electron chi connectivity index (χ4n) is 1.90. The lowest BCUT2D eigenvalue weighted by Crippen LogP contribution is -2.12. The molecular formula is C13H12ClN5. The highest BCUT2D eigenvalue weighted by Gasteiger charge is 2.05. The van der Waals surface area contributed by atoms with Gasteiger partial charge in [0.2, 0.25) is 5.28 Å². The molecule has 1 N–H and O–H groups in total. The van der Waals surface area contributed by atoms with E-state index in [4.69, 9.17) is 11.6 Å².